The smallest absolute Gasteiger partial charge is 0.234 e. The van der Waals surface area contributed by atoms with Crippen LogP contribution in [0.15, 0.2) is 0 Å². The molecule has 0 heterocycles. The first-order valence-corrected chi connectivity index (χ1v) is 6.14. The third-order valence-corrected chi connectivity index (χ3v) is 2.94. The Kier molecular flexibility index (Phi) is 4.54. The van der Waals surface area contributed by atoms with Gasteiger partial charge < -0.3 is 5.73 Å². The number of sulfonamides is 1. The van der Waals surface area contributed by atoms with Crippen LogP contribution >= 0.6 is 0 Å². The molecule has 0 aromatic heterocycles. The van der Waals surface area contributed by atoms with E-state index in [0.717, 1.165) is 0 Å². The summed E-state index contributed by atoms with van der Waals surface area (Å²) in [6.45, 7) is 5.05. The second kappa shape index (κ2) is 4.75. The maximum atomic E-state index is 11.1. The van der Waals surface area contributed by atoms with Crippen molar-refractivity contribution in [2.24, 2.45) is 5.73 Å². The van der Waals surface area contributed by atoms with Crippen LogP contribution in [0.1, 0.15) is 33.6 Å². The Labute approximate surface area is 85.1 Å². The molecule has 5 nitrogen and oxygen atoms in total. The average molecular weight is 222 g/mol. The van der Waals surface area contributed by atoms with Crippen molar-refractivity contribution < 1.29 is 13.2 Å². The third kappa shape index (κ3) is 6.85. The Hall–Kier alpha value is -0.620. The summed E-state index contributed by atoms with van der Waals surface area (Å²) in [5.41, 5.74) is 5.20. The zero-order valence-corrected chi connectivity index (χ0v) is 9.65. The fraction of sp³-hybridized carbons (Fsp3) is 0.875. The van der Waals surface area contributed by atoms with Crippen molar-refractivity contribution in [1.82, 2.24) is 4.72 Å². The molecule has 1 amide bonds. The number of rotatable bonds is 5. The molecule has 0 saturated heterocycles. The Morgan fingerprint density at radius 1 is 1.43 bits per heavy atom. The van der Waals surface area contributed by atoms with Crippen LogP contribution in [0.2, 0.25) is 0 Å². The van der Waals surface area contributed by atoms with Crippen molar-refractivity contribution in [2.75, 3.05) is 5.75 Å². The van der Waals surface area contributed by atoms with Gasteiger partial charge in [0.2, 0.25) is 15.9 Å². The Bertz CT molecular complexity index is 290. The number of nitrogens with one attached hydrogen (secondary N) is 1. The number of carbonyl (C=O) groups is 1. The maximum Gasteiger partial charge on any atom is 0.234 e. The second-order valence-corrected chi connectivity index (χ2v) is 5.93. The highest BCUT2D eigenvalue weighted by molar-refractivity contribution is 7.90. The van der Waals surface area contributed by atoms with Gasteiger partial charge in [-0.25, -0.2) is 8.42 Å². The molecular formula is C8H18N2O3S. The first-order chi connectivity index (χ1) is 6.16. The van der Waals surface area contributed by atoms with Crippen molar-refractivity contribution in [3.63, 3.8) is 0 Å². The third-order valence-electron chi connectivity index (χ3n) is 1.65. The average Bonchev–Trinajstić information content (AvgIpc) is 1.99. The number of hydrogen-bond donors (Lipinski definition) is 2. The number of amides is 1. The summed E-state index contributed by atoms with van der Waals surface area (Å²) < 4.78 is 23.9. The summed E-state index contributed by atoms with van der Waals surface area (Å²) in [7, 11) is -3.43. The fourth-order valence-corrected chi connectivity index (χ4v) is 1.33. The Morgan fingerprint density at radius 3 is 2.29 bits per heavy atom. The molecule has 6 heteroatoms. The summed E-state index contributed by atoms with van der Waals surface area (Å²) in [6, 6.07) is 0. The van der Waals surface area contributed by atoms with E-state index in [-0.39, 0.29) is 12.2 Å². The summed E-state index contributed by atoms with van der Waals surface area (Å²) in [6.07, 6.45) is 0.584. The zero-order chi connectivity index (χ0) is 11.4. The quantitative estimate of drug-likeness (QED) is 0.683. The molecule has 0 saturated carbocycles. The molecule has 14 heavy (non-hydrogen) atoms. The van der Waals surface area contributed by atoms with Crippen LogP contribution in [0.4, 0.5) is 0 Å². The van der Waals surface area contributed by atoms with Crippen LogP contribution < -0.4 is 10.5 Å². The van der Waals surface area contributed by atoms with Crippen molar-refractivity contribution in [2.45, 2.75) is 39.2 Å². The van der Waals surface area contributed by atoms with E-state index in [2.05, 4.69) is 0 Å². The molecule has 3 N–H and O–H groups in total. The topological polar surface area (TPSA) is 89.3 Å². The standard InChI is InChI=1S/C8H18N2O3S/c1-4-14(12,13)10-7(11)5-6-8(2,3)9/h4-6,9H2,1-3H3,(H,10,11). The minimum Gasteiger partial charge on any atom is -0.326 e. The molecule has 0 aromatic rings. The lowest BCUT2D eigenvalue weighted by atomic mass is 10.0. The number of nitrogens with two attached hydrogens (primary N) is 1. The minimum atomic E-state index is -3.43. The number of carbonyl (C=O) groups excluding carboxylic acids is 1. The van der Waals surface area contributed by atoms with E-state index >= 15 is 0 Å². The van der Waals surface area contributed by atoms with Crippen LogP contribution in [0.25, 0.3) is 0 Å². The Morgan fingerprint density at radius 2 is 1.93 bits per heavy atom. The zero-order valence-electron chi connectivity index (χ0n) is 8.83. The SMILES string of the molecule is CCS(=O)(=O)NC(=O)CCC(C)(C)N. The fourth-order valence-electron chi connectivity index (χ4n) is 0.732. The van der Waals surface area contributed by atoms with Gasteiger partial charge in [0, 0.05) is 12.0 Å². The molecule has 0 aliphatic carbocycles. The van der Waals surface area contributed by atoms with Gasteiger partial charge in [-0.15, -0.1) is 0 Å². The highest BCUT2D eigenvalue weighted by Gasteiger charge is 2.16. The van der Waals surface area contributed by atoms with Crippen LogP contribution in [0.3, 0.4) is 0 Å². The van der Waals surface area contributed by atoms with Gasteiger partial charge in [-0.05, 0) is 27.2 Å². The van der Waals surface area contributed by atoms with Gasteiger partial charge in [0.15, 0.2) is 0 Å². The normalized spacial score (nSPS) is 12.6. The van der Waals surface area contributed by atoms with Gasteiger partial charge >= 0.3 is 0 Å². The molecule has 84 valence electrons. The van der Waals surface area contributed by atoms with Gasteiger partial charge in [0.25, 0.3) is 0 Å². The Balaban J connectivity index is 4.02. The van der Waals surface area contributed by atoms with E-state index in [0.29, 0.717) is 6.42 Å². The van der Waals surface area contributed by atoms with Crippen molar-refractivity contribution in [1.29, 1.82) is 0 Å². The molecular weight excluding hydrogens is 204 g/mol. The molecule has 0 rings (SSSR count). The molecule has 0 atom stereocenters. The van der Waals surface area contributed by atoms with Gasteiger partial charge in [0.1, 0.15) is 0 Å². The van der Waals surface area contributed by atoms with E-state index in [4.69, 9.17) is 5.73 Å². The van der Waals surface area contributed by atoms with Crippen LogP contribution in [0.5, 0.6) is 0 Å². The highest BCUT2D eigenvalue weighted by Crippen LogP contribution is 2.06. The summed E-state index contributed by atoms with van der Waals surface area (Å²) >= 11 is 0. The van der Waals surface area contributed by atoms with Gasteiger partial charge in [0.05, 0.1) is 5.75 Å². The predicted octanol–water partition coefficient (Wildman–Crippen LogP) is -0.0302. The van der Waals surface area contributed by atoms with Gasteiger partial charge in [-0.1, -0.05) is 0 Å². The lowest BCUT2D eigenvalue weighted by molar-refractivity contribution is -0.119. The lowest BCUT2D eigenvalue weighted by Crippen LogP contribution is -2.36. The summed E-state index contributed by atoms with van der Waals surface area (Å²) in [5, 5.41) is 0. The monoisotopic (exact) mass is 222 g/mol. The van der Waals surface area contributed by atoms with E-state index in [1.54, 1.807) is 13.8 Å². The van der Waals surface area contributed by atoms with Crippen molar-refractivity contribution >= 4 is 15.9 Å². The van der Waals surface area contributed by atoms with Gasteiger partial charge in [-0.3, -0.25) is 9.52 Å². The largest absolute Gasteiger partial charge is 0.326 e. The molecule has 0 radical (unpaired) electrons. The van der Waals surface area contributed by atoms with Crippen LogP contribution in [0, 0.1) is 0 Å². The van der Waals surface area contributed by atoms with E-state index < -0.39 is 21.5 Å². The molecule has 0 unspecified atom stereocenters. The number of hydrogen-bond acceptors (Lipinski definition) is 4. The van der Waals surface area contributed by atoms with Crippen molar-refractivity contribution in [3.05, 3.63) is 0 Å². The molecule has 0 aromatic carbocycles. The minimum absolute atomic E-state index is 0.0925. The van der Waals surface area contributed by atoms with Gasteiger partial charge in [-0.2, -0.15) is 0 Å². The summed E-state index contributed by atoms with van der Waals surface area (Å²) in [5.74, 6) is -0.588. The van der Waals surface area contributed by atoms with Crippen molar-refractivity contribution in [3.8, 4) is 0 Å². The van der Waals surface area contributed by atoms with E-state index in [9.17, 15) is 13.2 Å². The van der Waals surface area contributed by atoms with Crippen LogP contribution in [-0.4, -0.2) is 25.6 Å². The first kappa shape index (κ1) is 13.4. The predicted molar refractivity (Wildman–Crippen MR) is 55.1 cm³/mol. The van der Waals surface area contributed by atoms with Crippen LogP contribution in [-0.2, 0) is 14.8 Å². The second-order valence-electron chi connectivity index (χ2n) is 3.92. The molecule has 0 bridgehead atoms. The van der Waals surface area contributed by atoms with E-state index in [1.807, 2.05) is 4.72 Å². The maximum absolute atomic E-state index is 11.1. The highest BCUT2D eigenvalue weighted by atomic mass is 32.2. The molecule has 0 spiro atoms. The first-order valence-electron chi connectivity index (χ1n) is 4.48. The van der Waals surface area contributed by atoms with E-state index in [1.165, 1.54) is 6.92 Å². The molecule has 0 aliphatic heterocycles. The summed E-state index contributed by atoms with van der Waals surface area (Å²) in [4.78, 5) is 11.1. The lowest BCUT2D eigenvalue weighted by Gasteiger charge is -2.17. The molecule has 0 fully saturated rings. The molecule has 0 aliphatic rings.